The minimum absolute atomic E-state index is 0.512. The van der Waals surface area contributed by atoms with Gasteiger partial charge in [-0.15, -0.1) is 0 Å². The third-order valence-electron chi connectivity index (χ3n) is 3.17. The molecule has 1 aromatic carbocycles. The zero-order valence-corrected chi connectivity index (χ0v) is 10.4. The zero-order chi connectivity index (χ0) is 12.7. The molecule has 2 N–H and O–H groups in total. The smallest absolute Gasteiger partial charge is 0.140 e. The summed E-state index contributed by atoms with van der Waals surface area (Å²) in [6.07, 6.45) is 1.78. The van der Waals surface area contributed by atoms with Crippen molar-refractivity contribution in [3.63, 3.8) is 0 Å². The van der Waals surface area contributed by atoms with Gasteiger partial charge >= 0.3 is 0 Å². The number of benzene rings is 1. The van der Waals surface area contributed by atoms with Gasteiger partial charge in [0.1, 0.15) is 18.0 Å². The topological polar surface area (TPSA) is 56.7 Å². The molecule has 0 amide bonds. The molecule has 0 saturated carbocycles. The van der Waals surface area contributed by atoms with E-state index in [-0.39, 0.29) is 0 Å². The monoisotopic (exact) mass is 238 g/mol. The van der Waals surface area contributed by atoms with Crippen LogP contribution in [0, 0.1) is 13.8 Å². The molecule has 3 aromatic rings. The summed E-state index contributed by atoms with van der Waals surface area (Å²) in [5, 5.41) is 0. The van der Waals surface area contributed by atoms with Crippen LogP contribution in [-0.4, -0.2) is 14.5 Å². The number of hydrogen-bond acceptors (Lipinski definition) is 3. The average Bonchev–Trinajstić information content (AvgIpc) is 2.73. The molecule has 18 heavy (non-hydrogen) atoms. The third kappa shape index (κ3) is 1.62. The Morgan fingerprint density at radius 3 is 2.67 bits per heavy atom. The van der Waals surface area contributed by atoms with Crippen LogP contribution in [-0.2, 0) is 0 Å². The van der Waals surface area contributed by atoms with Crippen LogP contribution in [0.3, 0.4) is 0 Å². The molecule has 0 aliphatic carbocycles. The Hall–Kier alpha value is -2.36. The molecule has 3 rings (SSSR count). The lowest BCUT2D eigenvalue weighted by Crippen LogP contribution is -1.99. The molecule has 2 heterocycles. The SMILES string of the molecule is Cc1cc2ncn(-c3cccc(N)n3)c2cc1C. The van der Waals surface area contributed by atoms with Gasteiger partial charge in [-0.2, -0.15) is 0 Å². The standard InChI is InChI=1S/C14H14N4/c1-9-6-11-12(7-10(9)2)18(8-16-11)14-5-3-4-13(15)17-14/h3-8H,1-2H3,(H2,15,17). The molecule has 4 heteroatoms. The fraction of sp³-hybridized carbons (Fsp3) is 0.143. The summed E-state index contributed by atoms with van der Waals surface area (Å²) in [6.45, 7) is 4.19. The number of rotatable bonds is 1. The summed E-state index contributed by atoms with van der Waals surface area (Å²) in [5.41, 5.74) is 10.2. The number of aromatic nitrogens is 3. The molecule has 90 valence electrons. The maximum Gasteiger partial charge on any atom is 0.140 e. The van der Waals surface area contributed by atoms with Crippen molar-refractivity contribution >= 4 is 16.9 Å². The van der Waals surface area contributed by atoms with E-state index in [1.54, 1.807) is 12.4 Å². The van der Waals surface area contributed by atoms with Crippen molar-refractivity contribution in [1.82, 2.24) is 14.5 Å². The van der Waals surface area contributed by atoms with E-state index in [4.69, 9.17) is 5.73 Å². The van der Waals surface area contributed by atoms with Crippen molar-refractivity contribution in [3.8, 4) is 5.82 Å². The van der Waals surface area contributed by atoms with Crippen LogP contribution in [0.5, 0.6) is 0 Å². The second kappa shape index (κ2) is 3.84. The lowest BCUT2D eigenvalue weighted by atomic mass is 10.1. The number of nitrogen functional groups attached to an aromatic ring is 1. The van der Waals surface area contributed by atoms with Crippen LogP contribution in [0.15, 0.2) is 36.7 Å². The van der Waals surface area contributed by atoms with Gasteiger partial charge in [0.2, 0.25) is 0 Å². The maximum absolute atomic E-state index is 5.72. The van der Waals surface area contributed by atoms with Crippen molar-refractivity contribution in [2.45, 2.75) is 13.8 Å². The van der Waals surface area contributed by atoms with E-state index in [9.17, 15) is 0 Å². The second-order valence-electron chi connectivity index (χ2n) is 4.46. The van der Waals surface area contributed by atoms with Crippen LogP contribution < -0.4 is 5.73 Å². The fourth-order valence-electron chi connectivity index (χ4n) is 2.02. The van der Waals surface area contributed by atoms with Gasteiger partial charge in [-0.25, -0.2) is 9.97 Å². The summed E-state index contributed by atoms with van der Waals surface area (Å²) < 4.78 is 1.96. The van der Waals surface area contributed by atoms with Crippen molar-refractivity contribution in [3.05, 3.63) is 47.8 Å². The number of imidazole rings is 1. The first-order valence-corrected chi connectivity index (χ1v) is 5.82. The van der Waals surface area contributed by atoms with Gasteiger partial charge in [0.15, 0.2) is 0 Å². The first kappa shape index (κ1) is 10.8. The highest BCUT2D eigenvalue weighted by molar-refractivity contribution is 5.79. The van der Waals surface area contributed by atoms with Gasteiger partial charge in [-0.1, -0.05) is 6.07 Å². The molecule has 2 aromatic heterocycles. The molecule has 0 bridgehead atoms. The molecule has 0 fully saturated rings. The van der Waals surface area contributed by atoms with E-state index in [0.717, 1.165) is 16.9 Å². The quantitative estimate of drug-likeness (QED) is 0.709. The average molecular weight is 238 g/mol. The summed E-state index contributed by atoms with van der Waals surface area (Å²) in [7, 11) is 0. The van der Waals surface area contributed by atoms with E-state index in [1.165, 1.54) is 11.1 Å². The first-order valence-electron chi connectivity index (χ1n) is 5.82. The Kier molecular flexibility index (Phi) is 2.30. The molecular weight excluding hydrogens is 224 g/mol. The Labute approximate surface area is 105 Å². The molecular formula is C14H14N4. The molecule has 0 saturated heterocycles. The van der Waals surface area contributed by atoms with Crippen LogP contribution in [0.2, 0.25) is 0 Å². The van der Waals surface area contributed by atoms with Crippen LogP contribution in [0.1, 0.15) is 11.1 Å². The van der Waals surface area contributed by atoms with Gasteiger partial charge < -0.3 is 5.73 Å². The number of fused-ring (bicyclic) bond motifs is 1. The van der Waals surface area contributed by atoms with E-state index < -0.39 is 0 Å². The molecule has 0 radical (unpaired) electrons. The highest BCUT2D eigenvalue weighted by Crippen LogP contribution is 2.21. The van der Waals surface area contributed by atoms with Crippen LogP contribution >= 0.6 is 0 Å². The molecule has 0 aliphatic rings. The summed E-state index contributed by atoms with van der Waals surface area (Å²) in [4.78, 5) is 8.73. The first-order chi connectivity index (χ1) is 8.65. The molecule has 0 spiro atoms. The largest absolute Gasteiger partial charge is 0.384 e. The Morgan fingerprint density at radius 1 is 1.11 bits per heavy atom. The fourth-order valence-corrected chi connectivity index (χ4v) is 2.02. The van der Waals surface area contributed by atoms with E-state index >= 15 is 0 Å². The number of hydrogen-bond donors (Lipinski definition) is 1. The number of nitrogens with two attached hydrogens (primary N) is 1. The normalized spacial score (nSPS) is 11.0. The lowest BCUT2D eigenvalue weighted by Gasteiger charge is -2.05. The molecule has 0 aliphatic heterocycles. The minimum atomic E-state index is 0.512. The van der Waals surface area contributed by atoms with E-state index in [2.05, 4.69) is 35.9 Å². The number of nitrogens with zero attached hydrogens (tertiary/aromatic N) is 3. The Morgan fingerprint density at radius 2 is 1.89 bits per heavy atom. The predicted octanol–water partition coefficient (Wildman–Crippen LogP) is 2.62. The molecule has 4 nitrogen and oxygen atoms in total. The zero-order valence-electron chi connectivity index (χ0n) is 10.4. The third-order valence-corrected chi connectivity index (χ3v) is 3.17. The van der Waals surface area contributed by atoms with Crippen molar-refractivity contribution in [2.24, 2.45) is 0 Å². The highest BCUT2D eigenvalue weighted by atomic mass is 15.1. The van der Waals surface area contributed by atoms with Crippen LogP contribution in [0.4, 0.5) is 5.82 Å². The van der Waals surface area contributed by atoms with Crippen molar-refractivity contribution < 1.29 is 0 Å². The summed E-state index contributed by atoms with van der Waals surface area (Å²) >= 11 is 0. The van der Waals surface area contributed by atoms with E-state index in [1.807, 2.05) is 16.7 Å². The lowest BCUT2D eigenvalue weighted by molar-refractivity contribution is 1.03. The van der Waals surface area contributed by atoms with Gasteiger partial charge in [-0.3, -0.25) is 4.57 Å². The van der Waals surface area contributed by atoms with Crippen molar-refractivity contribution in [1.29, 1.82) is 0 Å². The Balaban J connectivity index is 2.27. The number of aryl methyl sites for hydroxylation is 2. The summed E-state index contributed by atoms with van der Waals surface area (Å²) in [5.74, 6) is 1.30. The minimum Gasteiger partial charge on any atom is -0.384 e. The van der Waals surface area contributed by atoms with E-state index in [0.29, 0.717) is 5.82 Å². The number of pyridine rings is 1. The van der Waals surface area contributed by atoms with Gasteiger partial charge in [0.25, 0.3) is 0 Å². The summed E-state index contributed by atoms with van der Waals surface area (Å²) in [6, 6.07) is 9.81. The Bertz CT molecular complexity index is 728. The maximum atomic E-state index is 5.72. The molecule has 0 unspecified atom stereocenters. The predicted molar refractivity (Wildman–Crippen MR) is 72.8 cm³/mol. The number of anilines is 1. The van der Waals surface area contributed by atoms with Gasteiger partial charge in [-0.05, 0) is 49.2 Å². The van der Waals surface area contributed by atoms with Crippen LogP contribution in [0.25, 0.3) is 16.9 Å². The van der Waals surface area contributed by atoms with Gasteiger partial charge in [0.05, 0.1) is 11.0 Å². The second-order valence-corrected chi connectivity index (χ2v) is 4.46. The van der Waals surface area contributed by atoms with Crippen molar-refractivity contribution in [2.75, 3.05) is 5.73 Å². The van der Waals surface area contributed by atoms with Gasteiger partial charge in [0, 0.05) is 0 Å². The highest BCUT2D eigenvalue weighted by Gasteiger charge is 2.07. The molecule has 0 atom stereocenters.